The molecule has 2 rings (SSSR count). The predicted molar refractivity (Wildman–Crippen MR) is 92.4 cm³/mol. The molecule has 1 aromatic rings. The van der Waals surface area contributed by atoms with E-state index in [1.54, 1.807) is 5.56 Å². The highest BCUT2D eigenvalue weighted by molar-refractivity contribution is 5.62. The summed E-state index contributed by atoms with van der Waals surface area (Å²) in [5, 5.41) is 0. The Balaban J connectivity index is 2.13. The molecule has 116 valence electrons. The molecule has 21 heavy (non-hydrogen) atoms. The summed E-state index contributed by atoms with van der Waals surface area (Å²) in [6.07, 6.45) is 8.37. The Labute approximate surface area is 130 Å². The smallest absolute Gasteiger partial charge is 0.0273 e. The van der Waals surface area contributed by atoms with Crippen LogP contribution in [0.15, 0.2) is 29.3 Å². The van der Waals surface area contributed by atoms with Crippen molar-refractivity contribution in [3.8, 4) is 0 Å². The average molecular weight is 286 g/mol. The van der Waals surface area contributed by atoms with E-state index in [2.05, 4.69) is 61.4 Å². The van der Waals surface area contributed by atoms with Crippen LogP contribution in [0.2, 0.25) is 0 Å². The highest BCUT2D eigenvalue weighted by Crippen LogP contribution is 2.37. The molecule has 0 aromatic heterocycles. The maximum Gasteiger partial charge on any atom is 0.0273 e. The van der Waals surface area contributed by atoms with Crippen molar-refractivity contribution in [3.05, 3.63) is 35.4 Å². The van der Waals surface area contributed by atoms with E-state index in [1.807, 2.05) is 7.05 Å². The Morgan fingerprint density at radius 2 is 2.10 bits per heavy atom. The predicted octanol–water partition coefficient (Wildman–Crippen LogP) is 4.15. The van der Waals surface area contributed by atoms with E-state index in [0.717, 1.165) is 0 Å². The molecule has 1 aliphatic carbocycles. The zero-order valence-electron chi connectivity index (χ0n) is 14.0. The lowest BCUT2D eigenvalue weighted by Crippen LogP contribution is -2.40. The Morgan fingerprint density at radius 1 is 1.29 bits per heavy atom. The van der Waals surface area contributed by atoms with E-state index < -0.39 is 0 Å². The molecule has 1 aliphatic rings. The molecule has 3 atom stereocenters. The van der Waals surface area contributed by atoms with Gasteiger partial charge in [-0.2, -0.15) is 0 Å². The van der Waals surface area contributed by atoms with Crippen molar-refractivity contribution in [2.75, 3.05) is 21.1 Å². The third-order valence-corrected chi connectivity index (χ3v) is 4.83. The summed E-state index contributed by atoms with van der Waals surface area (Å²) in [4.78, 5) is 6.66. The van der Waals surface area contributed by atoms with Crippen molar-refractivity contribution in [1.29, 1.82) is 0 Å². The first-order chi connectivity index (χ1) is 10.2. The fourth-order valence-electron chi connectivity index (χ4n) is 3.72. The average Bonchev–Trinajstić information content (AvgIpc) is 2.48. The summed E-state index contributed by atoms with van der Waals surface area (Å²) in [5.74, 6) is 1.32. The van der Waals surface area contributed by atoms with Gasteiger partial charge in [-0.3, -0.25) is 0 Å². The third kappa shape index (κ3) is 4.16. The minimum absolute atomic E-state index is 0.611. The molecule has 2 heteroatoms. The molecule has 0 aliphatic heterocycles. The summed E-state index contributed by atoms with van der Waals surface area (Å²) in [5.41, 5.74) is 3.04. The summed E-state index contributed by atoms with van der Waals surface area (Å²) in [7, 11) is 6.31. The van der Waals surface area contributed by atoms with E-state index in [-0.39, 0.29) is 0 Å². The van der Waals surface area contributed by atoms with Gasteiger partial charge in [0.2, 0.25) is 0 Å². The van der Waals surface area contributed by atoms with Gasteiger partial charge in [0, 0.05) is 25.2 Å². The fourth-order valence-corrected chi connectivity index (χ4v) is 3.72. The van der Waals surface area contributed by atoms with E-state index in [9.17, 15) is 0 Å². The van der Waals surface area contributed by atoms with Gasteiger partial charge in [0.15, 0.2) is 0 Å². The summed E-state index contributed by atoms with van der Waals surface area (Å²) >= 11 is 0. The Hall–Kier alpha value is -1.15. The van der Waals surface area contributed by atoms with Crippen LogP contribution >= 0.6 is 0 Å². The first-order valence-electron chi connectivity index (χ1n) is 8.33. The number of aryl methyl sites for hydroxylation is 1. The number of aliphatic imine (C=N–C) groups is 1. The molecular weight excluding hydrogens is 256 g/mol. The second-order valence-corrected chi connectivity index (χ2v) is 6.61. The van der Waals surface area contributed by atoms with Crippen LogP contribution in [-0.4, -0.2) is 38.3 Å². The number of hydrogen-bond acceptors (Lipinski definition) is 2. The lowest BCUT2D eigenvalue weighted by atomic mass is 9.75. The first-order valence-corrected chi connectivity index (χ1v) is 8.33. The van der Waals surface area contributed by atoms with Crippen LogP contribution in [0.25, 0.3) is 0 Å². The third-order valence-electron chi connectivity index (χ3n) is 4.83. The van der Waals surface area contributed by atoms with Crippen molar-refractivity contribution < 1.29 is 0 Å². The lowest BCUT2D eigenvalue weighted by molar-refractivity contribution is 0.182. The summed E-state index contributed by atoms with van der Waals surface area (Å²) in [6, 6.07) is 9.89. The quantitative estimate of drug-likeness (QED) is 0.742. The molecule has 1 unspecified atom stereocenters. The van der Waals surface area contributed by atoms with E-state index in [4.69, 9.17) is 0 Å². The monoisotopic (exact) mass is 286 g/mol. The Morgan fingerprint density at radius 3 is 2.76 bits per heavy atom. The Kier molecular flexibility index (Phi) is 5.98. The topological polar surface area (TPSA) is 15.6 Å². The van der Waals surface area contributed by atoms with Crippen molar-refractivity contribution in [2.45, 2.75) is 51.0 Å². The molecule has 0 N–H and O–H groups in total. The van der Waals surface area contributed by atoms with Crippen molar-refractivity contribution in [3.63, 3.8) is 0 Å². The maximum absolute atomic E-state index is 4.28. The van der Waals surface area contributed by atoms with Gasteiger partial charge in [0.1, 0.15) is 0 Å². The first kappa shape index (κ1) is 16.2. The second-order valence-electron chi connectivity index (χ2n) is 6.61. The minimum atomic E-state index is 0.611. The van der Waals surface area contributed by atoms with E-state index in [1.165, 1.54) is 37.7 Å². The van der Waals surface area contributed by atoms with Crippen LogP contribution in [0.3, 0.4) is 0 Å². The number of benzene rings is 1. The molecule has 0 radical (unpaired) electrons. The van der Waals surface area contributed by atoms with Crippen LogP contribution in [0.5, 0.6) is 0 Å². The van der Waals surface area contributed by atoms with Gasteiger partial charge in [-0.05, 0) is 56.8 Å². The SMILES string of the molecule is CCCc1cccc([C@H]2CCC(C=NC)[C@@H](N(C)C)C2)c1. The Bertz CT molecular complexity index is 464. The highest BCUT2D eigenvalue weighted by Gasteiger charge is 2.31. The summed E-state index contributed by atoms with van der Waals surface area (Å²) < 4.78 is 0. The van der Waals surface area contributed by atoms with E-state index in [0.29, 0.717) is 17.9 Å². The van der Waals surface area contributed by atoms with Gasteiger partial charge in [-0.25, -0.2) is 0 Å². The van der Waals surface area contributed by atoms with Crippen LogP contribution < -0.4 is 0 Å². The number of rotatable bonds is 5. The molecule has 0 bridgehead atoms. The zero-order chi connectivity index (χ0) is 15.2. The molecule has 0 saturated heterocycles. The molecule has 1 fully saturated rings. The molecule has 0 heterocycles. The van der Waals surface area contributed by atoms with Gasteiger partial charge in [-0.1, -0.05) is 37.6 Å². The van der Waals surface area contributed by atoms with Crippen LogP contribution in [0.1, 0.15) is 49.7 Å². The van der Waals surface area contributed by atoms with Gasteiger partial charge in [-0.15, -0.1) is 0 Å². The highest BCUT2D eigenvalue weighted by atomic mass is 15.1. The molecule has 1 aromatic carbocycles. The normalized spacial score (nSPS) is 26.6. The van der Waals surface area contributed by atoms with Crippen molar-refractivity contribution in [1.82, 2.24) is 4.90 Å². The lowest BCUT2D eigenvalue weighted by Gasteiger charge is -2.38. The molecule has 1 saturated carbocycles. The minimum Gasteiger partial charge on any atom is -0.306 e. The van der Waals surface area contributed by atoms with Crippen LogP contribution in [-0.2, 0) is 6.42 Å². The van der Waals surface area contributed by atoms with Gasteiger partial charge in [0.05, 0.1) is 0 Å². The van der Waals surface area contributed by atoms with Crippen molar-refractivity contribution in [2.24, 2.45) is 10.9 Å². The molecular formula is C19H30N2. The zero-order valence-corrected chi connectivity index (χ0v) is 14.0. The van der Waals surface area contributed by atoms with Crippen LogP contribution in [0, 0.1) is 5.92 Å². The summed E-state index contributed by atoms with van der Waals surface area (Å²) in [6.45, 7) is 2.25. The molecule has 0 amide bonds. The standard InChI is InChI=1S/C19H30N2/c1-5-7-15-8-6-9-16(12-15)17-10-11-18(14-20-2)19(13-17)21(3)4/h6,8-9,12,14,17-19H,5,7,10-11,13H2,1-4H3/t17-,18?,19-/m0/s1. The van der Waals surface area contributed by atoms with Crippen LogP contribution in [0.4, 0.5) is 0 Å². The second kappa shape index (κ2) is 7.74. The van der Waals surface area contributed by atoms with Gasteiger partial charge < -0.3 is 9.89 Å². The fraction of sp³-hybridized carbons (Fsp3) is 0.632. The molecule has 2 nitrogen and oxygen atoms in total. The van der Waals surface area contributed by atoms with Gasteiger partial charge >= 0.3 is 0 Å². The van der Waals surface area contributed by atoms with Gasteiger partial charge in [0.25, 0.3) is 0 Å². The van der Waals surface area contributed by atoms with E-state index >= 15 is 0 Å². The maximum atomic E-state index is 4.28. The molecule has 0 spiro atoms. The number of nitrogens with zero attached hydrogens (tertiary/aromatic N) is 2. The number of hydrogen-bond donors (Lipinski definition) is 0. The van der Waals surface area contributed by atoms with Crippen molar-refractivity contribution >= 4 is 6.21 Å². The largest absolute Gasteiger partial charge is 0.306 e.